The second-order valence-corrected chi connectivity index (χ2v) is 7.75. The fourth-order valence-corrected chi connectivity index (χ4v) is 3.65. The Kier molecular flexibility index (Phi) is 7.08. The molecule has 0 fully saturated rings. The largest absolute Gasteiger partial charge is 0.506 e. The first-order valence-corrected chi connectivity index (χ1v) is 11.2. The zero-order chi connectivity index (χ0) is 22.2. The van der Waals surface area contributed by atoms with E-state index < -0.39 is 0 Å². The van der Waals surface area contributed by atoms with Gasteiger partial charge in [0.2, 0.25) is 0 Å². The summed E-state index contributed by atoms with van der Waals surface area (Å²) in [6.07, 6.45) is 6.62. The molecule has 164 valence electrons. The minimum Gasteiger partial charge on any atom is -0.506 e. The molecule has 32 heavy (non-hydrogen) atoms. The van der Waals surface area contributed by atoms with Gasteiger partial charge in [0, 0.05) is 17.2 Å². The van der Waals surface area contributed by atoms with Crippen LogP contribution in [0.15, 0.2) is 90.0 Å². The molecule has 1 heterocycles. The molecule has 0 saturated heterocycles. The van der Waals surface area contributed by atoms with Gasteiger partial charge in [-0.05, 0) is 24.6 Å². The van der Waals surface area contributed by atoms with Gasteiger partial charge < -0.3 is 9.84 Å². The van der Waals surface area contributed by atoms with Gasteiger partial charge in [-0.1, -0.05) is 86.8 Å². The lowest BCUT2D eigenvalue weighted by atomic mass is 10.0. The number of hydrogen-bond donors (Lipinski definition) is 2. The summed E-state index contributed by atoms with van der Waals surface area (Å²) in [7, 11) is 0. The van der Waals surface area contributed by atoms with E-state index in [1.807, 2.05) is 78.9 Å². The number of benzene rings is 3. The number of nitrogens with zero attached hydrogens (tertiary/aromatic N) is 2. The fraction of sp³-hybridized carbons (Fsp3) is 0.222. The Bertz CT molecular complexity index is 1080. The Morgan fingerprint density at radius 3 is 2.28 bits per heavy atom. The average Bonchev–Trinajstić information content (AvgIpc) is 2.85. The summed E-state index contributed by atoms with van der Waals surface area (Å²) in [5, 5.41) is 17.1. The molecule has 0 unspecified atom stereocenters. The van der Waals surface area contributed by atoms with E-state index in [1.54, 1.807) is 11.1 Å². The number of nitrogens with one attached hydrogen (secondary N) is 1. The van der Waals surface area contributed by atoms with E-state index in [0.29, 0.717) is 18.0 Å². The lowest BCUT2D eigenvalue weighted by Gasteiger charge is -2.30. The highest BCUT2D eigenvalue weighted by Gasteiger charge is 2.22. The van der Waals surface area contributed by atoms with Crippen LogP contribution in [-0.4, -0.2) is 17.4 Å². The van der Waals surface area contributed by atoms with E-state index in [0.717, 1.165) is 35.4 Å². The minimum absolute atomic E-state index is 0.128. The highest BCUT2D eigenvalue weighted by molar-refractivity contribution is 6.14. The topological polar surface area (TPSA) is 57.1 Å². The van der Waals surface area contributed by atoms with E-state index in [4.69, 9.17) is 4.74 Å². The number of hydrazine groups is 1. The van der Waals surface area contributed by atoms with Crippen LogP contribution in [0.25, 0.3) is 5.70 Å². The molecule has 0 aromatic heterocycles. The molecule has 5 heteroatoms. The highest BCUT2D eigenvalue weighted by Crippen LogP contribution is 2.36. The van der Waals surface area contributed by atoms with Crippen molar-refractivity contribution in [3.8, 4) is 11.5 Å². The fourth-order valence-electron chi connectivity index (χ4n) is 3.65. The lowest BCUT2D eigenvalue weighted by molar-refractivity contribution is 0.303. The van der Waals surface area contributed by atoms with E-state index >= 15 is 0 Å². The van der Waals surface area contributed by atoms with Crippen LogP contribution in [0.4, 0.5) is 5.69 Å². The van der Waals surface area contributed by atoms with Gasteiger partial charge in [-0.15, -0.1) is 0 Å². The summed E-state index contributed by atoms with van der Waals surface area (Å²) in [5.74, 6) is 0.794. The number of anilines is 1. The first-order valence-electron chi connectivity index (χ1n) is 11.2. The Labute approximate surface area is 189 Å². The summed E-state index contributed by atoms with van der Waals surface area (Å²) >= 11 is 0. The SMILES string of the molecule is CCCCCCOc1ccc(N2NN=C(c3ccccc3)C=C2c2ccccc2)c(O)c1. The molecule has 0 amide bonds. The lowest BCUT2D eigenvalue weighted by Crippen LogP contribution is -2.37. The van der Waals surface area contributed by atoms with Gasteiger partial charge in [-0.2, -0.15) is 5.10 Å². The van der Waals surface area contributed by atoms with Crippen LogP contribution in [0, 0.1) is 0 Å². The molecule has 0 radical (unpaired) electrons. The van der Waals surface area contributed by atoms with Gasteiger partial charge in [-0.25, -0.2) is 10.5 Å². The Morgan fingerprint density at radius 2 is 1.59 bits per heavy atom. The predicted molar refractivity (Wildman–Crippen MR) is 131 cm³/mol. The molecule has 0 spiro atoms. The number of hydrogen-bond acceptors (Lipinski definition) is 5. The second kappa shape index (κ2) is 10.5. The Morgan fingerprint density at radius 1 is 0.875 bits per heavy atom. The first-order chi connectivity index (χ1) is 15.8. The van der Waals surface area contributed by atoms with Crippen LogP contribution >= 0.6 is 0 Å². The van der Waals surface area contributed by atoms with Gasteiger partial charge in [0.05, 0.1) is 18.0 Å². The molecule has 1 aliphatic heterocycles. The van der Waals surface area contributed by atoms with Crippen molar-refractivity contribution in [1.82, 2.24) is 5.53 Å². The number of unbranched alkanes of at least 4 members (excludes halogenated alkanes) is 3. The van der Waals surface area contributed by atoms with Crippen molar-refractivity contribution in [2.45, 2.75) is 32.6 Å². The standard InChI is InChI=1S/C27H29N3O2/c1-2-3-4-11-18-32-23-16-17-25(27(31)19-23)30-26(22-14-9-6-10-15-22)20-24(28-29-30)21-12-7-5-8-13-21/h5-10,12-17,19-20,29,31H,2-4,11,18H2,1H3. The molecular formula is C27H29N3O2. The van der Waals surface area contributed by atoms with E-state index in [9.17, 15) is 5.11 Å². The maximum absolute atomic E-state index is 10.8. The first kappa shape index (κ1) is 21.5. The van der Waals surface area contributed by atoms with Crippen molar-refractivity contribution in [2.24, 2.45) is 5.10 Å². The molecule has 2 N–H and O–H groups in total. The maximum Gasteiger partial charge on any atom is 0.144 e. The van der Waals surface area contributed by atoms with Crippen LogP contribution in [0.2, 0.25) is 0 Å². The molecule has 1 aliphatic rings. The average molecular weight is 428 g/mol. The van der Waals surface area contributed by atoms with Crippen molar-refractivity contribution >= 4 is 17.1 Å². The number of hydrazone groups is 1. The van der Waals surface area contributed by atoms with Crippen molar-refractivity contribution in [1.29, 1.82) is 0 Å². The third-order valence-electron chi connectivity index (χ3n) is 5.38. The zero-order valence-corrected chi connectivity index (χ0v) is 18.4. The number of phenols is 1. The summed E-state index contributed by atoms with van der Waals surface area (Å²) in [6.45, 7) is 2.85. The van der Waals surface area contributed by atoms with E-state index in [-0.39, 0.29) is 5.75 Å². The summed E-state index contributed by atoms with van der Waals surface area (Å²) in [4.78, 5) is 0. The maximum atomic E-state index is 10.8. The number of ether oxygens (including phenoxy) is 1. The third kappa shape index (κ3) is 5.11. The smallest absolute Gasteiger partial charge is 0.144 e. The number of phenolic OH excluding ortho intramolecular Hbond substituents is 1. The zero-order valence-electron chi connectivity index (χ0n) is 18.4. The number of allylic oxidation sites excluding steroid dienone is 1. The van der Waals surface area contributed by atoms with Crippen molar-refractivity contribution in [3.05, 3.63) is 96.1 Å². The molecule has 0 saturated carbocycles. The molecule has 0 atom stereocenters. The van der Waals surface area contributed by atoms with Crippen LogP contribution in [0.5, 0.6) is 11.5 Å². The van der Waals surface area contributed by atoms with Crippen molar-refractivity contribution < 1.29 is 9.84 Å². The molecule has 0 aliphatic carbocycles. The summed E-state index contributed by atoms with van der Waals surface area (Å²) in [5.41, 5.74) is 7.47. The predicted octanol–water partition coefficient (Wildman–Crippen LogP) is 6.12. The third-order valence-corrected chi connectivity index (χ3v) is 5.38. The summed E-state index contributed by atoms with van der Waals surface area (Å²) < 4.78 is 5.82. The van der Waals surface area contributed by atoms with Gasteiger partial charge >= 0.3 is 0 Å². The van der Waals surface area contributed by atoms with Crippen molar-refractivity contribution in [3.63, 3.8) is 0 Å². The van der Waals surface area contributed by atoms with Gasteiger partial charge in [-0.3, -0.25) is 0 Å². The normalized spacial score (nSPS) is 13.2. The molecule has 0 bridgehead atoms. The monoisotopic (exact) mass is 427 g/mol. The highest BCUT2D eigenvalue weighted by atomic mass is 16.5. The second-order valence-electron chi connectivity index (χ2n) is 7.75. The molecule has 4 rings (SSSR count). The van der Waals surface area contributed by atoms with Crippen LogP contribution in [0.3, 0.4) is 0 Å². The Hall–Kier alpha value is -3.73. The van der Waals surface area contributed by atoms with Crippen molar-refractivity contribution in [2.75, 3.05) is 11.6 Å². The van der Waals surface area contributed by atoms with Crippen LogP contribution < -0.4 is 15.3 Å². The molecule has 3 aromatic carbocycles. The van der Waals surface area contributed by atoms with E-state index in [1.165, 1.54) is 12.8 Å². The number of aromatic hydroxyl groups is 1. The number of rotatable bonds is 9. The molecule has 3 aromatic rings. The van der Waals surface area contributed by atoms with Gasteiger partial charge in [0.15, 0.2) is 0 Å². The summed E-state index contributed by atoms with van der Waals surface area (Å²) in [6, 6.07) is 25.5. The molecular weight excluding hydrogens is 398 g/mol. The van der Waals surface area contributed by atoms with E-state index in [2.05, 4.69) is 17.6 Å². The van der Waals surface area contributed by atoms with Crippen LogP contribution in [-0.2, 0) is 0 Å². The Balaban J connectivity index is 1.58. The van der Waals surface area contributed by atoms with Crippen LogP contribution in [0.1, 0.15) is 43.7 Å². The van der Waals surface area contributed by atoms with Gasteiger partial charge in [0.25, 0.3) is 0 Å². The van der Waals surface area contributed by atoms with Gasteiger partial charge in [0.1, 0.15) is 17.2 Å². The minimum atomic E-state index is 0.128. The quantitative estimate of drug-likeness (QED) is 0.404. The molecule has 5 nitrogen and oxygen atoms in total.